The average Bonchev–Trinajstić information content (AvgIpc) is 2.83. The highest BCUT2D eigenvalue weighted by Crippen LogP contribution is 2.39. The summed E-state index contributed by atoms with van der Waals surface area (Å²) in [5, 5.41) is 9.13. The number of esters is 1. The fourth-order valence-electron chi connectivity index (χ4n) is 1.56. The summed E-state index contributed by atoms with van der Waals surface area (Å²) >= 11 is 0. The van der Waals surface area contributed by atoms with Crippen LogP contribution in [0.25, 0.3) is 0 Å². The lowest BCUT2D eigenvalue weighted by molar-refractivity contribution is -0.146. The van der Waals surface area contributed by atoms with Crippen LogP contribution in [0.1, 0.15) is 32.1 Å². The van der Waals surface area contributed by atoms with Gasteiger partial charge in [0.2, 0.25) is 0 Å². The number of carbonyl (C=O) groups excluding carboxylic acids is 1. The molecule has 1 aliphatic heterocycles. The highest BCUT2D eigenvalue weighted by molar-refractivity contribution is 8.77. The van der Waals surface area contributed by atoms with Gasteiger partial charge in [0.05, 0.1) is 6.61 Å². The Kier molecular flexibility index (Phi) is 8.96. The molecule has 0 aliphatic carbocycles. The van der Waals surface area contributed by atoms with Crippen molar-refractivity contribution >= 4 is 27.6 Å². The first-order valence-corrected chi connectivity index (χ1v) is 8.33. The van der Waals surface area contributed by atoms with Gasteiger partial charge in [0.25, 0.3) is 0 Å². The van der Waals surface area contributed by atoms with Crippen molar-refractivity contribution in [2.75, 3.05) is 25.8 Å². The van der Waals surface area contributed by atoms with Crippen LogP contribution in [-0.2, 0) is 14.3 Å². The van der Waals surface area contributed by atoms with Crippen molar-refractivity contribution in [3.63, 3.8) is 0 Å². The van der Waals surface area contributed by atoms with E-state index < -0.39 is 0 Å². The third-order valence-corrected chi connectivity index (χ3v) is 5.47. The SMILES string of the molecule is O=C(CCCCC1CCSS1)OCCOCO. The van der Waals surface area contributed by atoms with Crippen molar-refractivity contribution in [2.45, 2.75) is 37.4 Å². The van der Waals surface area contributed by atoms with Gasteiger partial charge in [0.15, 0.2) is 0 Å². The van der Waals surface area contributed by atoms with Crippen LogP contribution < -0.4 is 0 Å². The first-order valence-electron chi connectivity index (χ1n) is 5.95. The molecule has 0 amide bonds. The minimum absolute atomic E-state index is 0.167. The Hall–Kier alpha value is 0.0900. The van der Waals surface area contributed by atoms with E-state index in [1.54, 1.807) is 0 Å². The lowest BCUT2D eigenvalue weighted by Crippen LogP contribution is -2.10. The van der Waals surface area contributed by atoms with Crippen molar-refractivity contribution in [1.29, 1.82) is 0 Å². The highest BCUT2D eigenvalue weighted by Gasteiger charge is 2.15. The van der Waals surface area contributed by atoms with E-state index in [1.807, 2.05) is 21.6 Å². The Bertz CT molecular complexity index is 208. The van der Waals surface area contributed by atoms with E-state index in [-0.39, 0.29) is 26.0 Å². The molecule has 1 aliphatic rings. The van der Waals surface area contributed by atoms with E-state index in [2.05, 4.69) is 4.74 Å². The number of unbranched alkanes of at least 4 members (excludes halogenated alkanes) is 1. The Morgan fingerprint density at radius 1 is 1.35 bits per heavy atom. The molecule has 1 unspecified atom stereocenters. The first-order chi connectivity index (χ1) is 8.33. The van der Waals surface area contributed by atoms with Gasteiger partial charge in [-0.05, 0) is 19.3 Å². The topological polar surface area (TPSA) is 55.8 Å². The fourth-order valence-corrected chi connectivity index (χ4v) is 4.58. The monoisotopic (exact) mass is 280 g/mol. The molecule has 0 aromatic heterocycles. The number of hydrogen-bond donors (Lipinski definition) is 1. The molecule has 6 heteroatoms. The minimum atomic E-state index is -0.325. The molecule has 1 heterocycles. The molecule has 100 valence electrons. The quantitative estimate of drug-likeness (QED) is 0.302. The lowest BCUT2D eigenvalue weighted by atomic mass is 10.1. The second-order valence-electron chi connectivity index (χ2n) is 3.83. The summed E-state index contributed by atoms with van der Waals surface area (Å²) in [6.07, 6.45) is 5.00. The molecule has 17 heavy (non-hydrogen) atoms. The van der Waals surface area contributed by atoms with Gasteiger partial charge >= 0.3 is 5.97 Å². The van der Waals surface area contributed by atoms with Crippen LogP contribution in [0.4, 0.5) is 0 Å². The van der Waals surface area contributed by atoms with Crippen LogP contribution in [-0.4, -0.2) is 42.1 Å². The summed E-state index contributed by atoms with van der Waals surface area (Å²) < 4.78 is 9.58. The van der Waals surface area contributed by atoms with E-state index in [0.717, 1.165) is 18.1 Å². The van der Waals surface area contributed by atoms with Crippen LogP contribution >= 0.6 is 21.6 Å². The second kappa shape index (κ2) is 10.1. The second-order valence-corrected chi connectivity index (χ2v) is 6.62. The molecule has 1 fully saturated rings. The van der Waals surface area contributed by atoms with E-state index in [1.165, 1.54) is 18.6 Å². The number of hydrogen-bond acceptors (Lipinski definition) is 6. The van der Waals surface area contributed by atoms with Crippen molar-refractivity contribution in [3.8, 4) is 0 Å². The lowest BCUT2D eigenvalue weighted by Gasteiger charge is -2.07. The van der Waals surface area contributed by atoms with E-state index in [0.29, 0.717) is 6.42 Å². The molecule has 0 aromatic carbocycles. The van der Waals surface area contributed by atoms with Crippen molar-refractivity contribution in [2.24, 2.45) is 0 Å². The normalized spacial score (nSPS) is 19.5. The molecule has 0 radical (unpaired) electrons. The molecule has 0 spiro atoms. The predicted octanol–water partition coefficient (Wildman–Crippen LogP) is 2.21. The molecular weight excluding hydrogens is 260 g/mol. The molecule has 0 saturated carbocycles. The van der Waals surface area contributed by atoms with Gasteiger partial charge < -0.3 is 14.6 Å². The van der Waals surface area contributed by atoms with Crippen molar-refractivity contribution < 1.29 is 19.4 Å². The van der Waals surface area contributed by atoms with Crippen LogP contribution in [0.15, 0.2) is 0 Å². The van der Waals surface area contributed by atoms with Crippen molar-refractivity contribution in [1.82, 2.24) is 0 Å². The van der Waals surface area contributed by atoms with Gasteiger partial charge in [0, 0.05) is 17.4 Å². The summed E-state index contributed by atoms with van der Waals surface area (Å²) in [5.74, 6) is 1.10. The molecule has 4 nitrogen and oxygen atoms in total. The third kappa shape index (κ3) is 7.91. The summed E-state index contributed by atoms with van der Waals surface area (Å²) in [6.45, 7) is 0.168. The zero-order valence-electron chi connectivity index (χ0n) is 9.93. The maximum Gasteiger partial charge on any atom is 0.305 e. The smallest absolute Gasteiger partial charge is 0.305 e. The summed E-state index contributed by atoms with van der Waals surface area (Å²) in [7, 11) is 3.93. The standard InChI is InChI=1S/C11H20O4S2/c12-9-14-6-7-15-11(13)4-2-1-3-10-5-8-16-17-10/h10,12H,1-9H2. The molecule has 1 N–H and O–H groups in total. The Morgan fingerprint density at radius 2 is 2.24 bits per heavy atom. The van der Waals surface area contributed by atoms with Crippen LogP contribution in [0.5, 0.6) is 0 Å². The van der Waals surface area contributed by atoms with E-state index in [9.17, 15) is 4.79 Å². The third-order valence-electron chi connectivity index (χ3n) is 2.47. The largest absolute Gasteiger partial charge is 0.463 e. The van der Waals surface area contributed by atoms with Gasteiger partial charge in [-0.15, -0.1) is 0 Å². The average molecular weight is 280 g/mol. The summed E-state index contributed by atoms with van der Waals surface area (Å²) in [5.41, 5.74) is 0. The molecule has 0 bridgehead atoms. The van der Waals surface area contributed by atoms with Gasteiger partial charge in [0.1, 0.15) is 13.4 Å². The maximum absolute atomic E-state index is 11.3. The predicted molar refractivity (Wildman–Crippen MR) is 70.9 cm³/mol. The van der Waals surface area contributed by atoms with Gasteiger partial charge in [-0.2, -0.15) is 0 Å². The van der Waals surface area contributed by atoms with Gasteiger partial charge in [-0.1, -0.05) is 28.0 Å². The Labute approximate surface area is 110 Å². The maximum atomic E-state index is 11.3. The summed E-state index contributed by atoms with van der Waals surface area (Å²) in [6, 6.07) is 0. The van der Waals surface area contributed by atoms with Crippen molar-refractivity contribution in [3.05, 3.63) is 0 Å². The zero-order chi connectivity index (χ0) is 12.3. The Balaban J connectivity index is 1.85. The van der Waals surface area contributed by atoms with Crippen LogP contribution in [0, 0.1) is 0 Å². The molecule has 1 saturated heterocycles. The molecule has 1 rings (SSSR count). The minimum Gasteiger partial charge on any atom is -0.463 e. The van der Waals surface area contributed by atoms with Crippen LogP contribution in [0.3, 0.4) is 0 Å². The molecule has 1 atom stereocenters. The number of aliphatic hydroxyl groups is 1. The summed E-state index contributed by atoms with van der Waals surface area (Å²) in [4.78, 5) is 11.3. The van der Waals surface area contributed by atoms with E-state index in [4.69, 9.17) is 9.84 Å². The zero-order valence-corrected chi connectivity index (χ0v) is 11.6. The number of rotatable bonds is 9. The number of ether oxygens (including phenoxy) is 2. The van der Waals surface area contributed by atoms with Gasteiger partial charge in [-0.3, -0.25) is 4.79 Å². The van der Waals surface area contributed by atoms with E-state index >= 15 is 0 Å². The molecule has 0 aromatic rings. The Morgan fingerprint density at radius 3 is 2.94 bits per heavy atom. The number of aliphatic hydroxyl groups excluding tert-OH is 1. The van der Waals surface area contributed by atoms with Crippen LogP contribution in [0.2, 0.25) is 0 Å². The first kappa shape index (κ1) is 15.1. The molecular formula is C11H20O4S2. The number of carbonyl (C=O) groups is 1. The van der Waals surface area contributed by atoms with Gasteiger partial charge in [-0.25, -0.2) is 0 Å². The highest BCUT2D eigenvalue weighted by atomic mass is 33.1. The fraction of sp³-hybridized carbons (Fsp3) is 0.909.